The first-order chi connectivity index (χ1) is 7.07. The lowest BCUT2D eigenvalue weighted by Crippen LogP contribution is -2.17. The van der Waals surface area contributed by atoms with Crippen molar-refractivity contribution < 1.29 is 0 Å². The van der Waals surface area contributed by atoms with E-state index in [9.17, 15) is 0 Å². The molecule has 1 saturated carbocycles. The molecule has 1 aromatic rings. The minimum atomic E-state index is 0.497. The van der Waals surface area contributed by atoms with Gasteiger partial charge in [-0.1, -0.05) is 13.8 Å². The van der Waals surface area contributed by atoms with Gasteiger partial charge in [0.1, 0.15) is 0 Å². The minimum absolute atomic E-state index is 0.497. The highest BCUT2D eigenvalue weighted by Gasteiger charge is 2.30. The van der Waals surface area contributed by atoms with Crippen LogP contribution in [0.3, 0.4) is 0 Å². The summed E-state index contributed by atoms with van der Waals surface area (Å²) in [6, 6.07) is 2.63. The van der Waals surface area contributed by atoms with Crippen molar-refractivity contribution in [1.82, 2.24) is 4.98 Å². The highest BCUT2D eigenvalue weighted by atomic mass is 79.9. The zero-order valence-electron chi connectivity index (χ0n) is 9.26. The maximum absolute atomic E-state index is 4.06. The summed E-state index contributed by atoms with van der Waals surface area (Å²) in [5.74, 6) is 0. The van der Waals surface area contributed by atoms with Gasteiger partial charge in [0, 0.05) is 18.4 Å². The summed E-state index contributed by atoms with van der Waals surface area (Å²) in [4.78, 5) is 4.06. The topological polar surface area (TPSA) is 24.9 Å². The van der Waals surface area contributed by atoms with E-state index in [1.807, 2.05) is 18.5 Å². The molecule has 82 valence electrons. The lowest BCUT2D eigenvalue weighted by molar-refractivity contribution is 0.378. The molecule has 1 atom stereocenters. The van der Waals surface area contributed by atoms with Gasteiger partial charge in [-0.25, -0.2) is 0 Å². The normalized spacial score (nSPS) is 24.1. The molecule has 1 fully saturated rings. The summed E-state index contributed by atoms with van der Waals surface area (Å²) < 4.78 is 1.05. The van der Waals surface area contributed by atoms with E-state index in [4.69, 9.17) is 0 Å². The first kappa shape index (κ1) is 10.9. The Kier molecular flexibility index (Phi) is 3.01. The van der Waals surface area contributed by atoms with Crippen LogP contribution in [0, 0.1) is 5.41 Å². The molecular weight excluding hydrogens is 252 g/mol. The second kappa shape index (κ2) is 4.12. The number of hydrogen-bond donors (Lipinski definition) is 1. The Bertz CT molecular complexity index is 349. The SMILES string of the molecule is CC1(C)CCC(Nc2ccncc2Br)C1. The zero-order valence-corrected chi connectivity index (χ0v) is 10.8. The molecule has 2 rings (SSSR count). The quantitative estimate of drug-likeness (QED) is 0.882. The van der Waals surface area contributed by atoms with Crippen LogP contribution in [0.25, 0.3) is 0 Å². The fourth-order valence-electron chi connectivity index (χ4n) is 2.27. The molecule has 0 amide bonds. The van der Waals surface area contributed by atoms with Crippen LogP contribution < -0.4 is 5.32 Å². The Balaban J connectivity index is 2.02. The van der Waals surface area contributed by atoms with E-state index in [1.54, 1.807) is 0 Å². The second-order valence-electron chi connectivity index (χ2n) is 5.10. The molecule has 1 heterocycles. The molecule has 1 aromatic heterocycles. The lowest BCUT2D eigenvalue weighted by Gasteiger charge is -2.19. The Hall–Kier alpha value is -0.570. The maximum Gasteiger partial charge on any atom is 0.0590 e. The fourth-order valence-corrected chi connectivity index (χ4v) is 2.64. The number of anilines is 1. The minimum Gasteiger partial charge on any atom is -0.381 e. The first-order valence-electron chi connectivity index (χ1n) is 5.43. The average Bonchev–Trinajstić information content (AvgIpc) is 2.50. The molecule has 3 heteroatoms. The number of nitrogens with zero attached hydrogens (tertiary/aromatic N) is 1. The molecule has 15 heavy (non-hydrogen) atoms. The first-order valence-corrected chi connectivity index (χ1v) is 6.22. The van der Waals surface area contributed by atoms with Crippen molar-refractivity contribution in [1.29, 1.82) is 0 Å². The van der Waals surface area contributed by atoms with Crippen molar-refractivity contribution in [3.05, 3.63) is 22.9 Å². The monoisotopic (exact) mass is 268 g/mol. The summed E-state index contributed by atoms with van der Waals surface area (Å²) in [6.45, 7) is 4.69. The van der Waals surface area contributed by atoms with E-state index in [1.165, 1.54) is 19.3 Å². The van der Waals surface area contributed by atoms with Gasteiger partial charge in [0.2, 0.25) is 0 Å². The van der Waals surface area contributed by atoms with Gasteiger partial charge in [0.05, 0.1) is 10.2 Å². The molecule has 1 aliphatic carbocycles. The summed E-state index contributed by atoms with van der Waals surface area (Å²) >= 11 is 3.51. The summed E-state index contributed by atoms with van der Waals surface area (Å²) in [5.41, 5.74) is 1.66. The fraction of sp³-hybridized carbons (Fsp3) is 0.583. The molecule has 0 aromatic carbocycles. The lowest BCUT2D eigenvalue weighted by atomic mass is 9.92. The smallest absolute Gasteiger partial charge is 0.0590 e. The van der Waals surface area contributed by atoms with Crippen LogP contribution in [0.2, 0.25) is 0 Å². The van der Waals surface area contributed by atoms with Gasteiger partial charge in [0.15, 0.2) is 0 Å². The second-order valence-corrected chi connectivity index (χ2v) is 5.96. The van der Waals surface area contributed by atoms with Gasteiger partial charge >= 0.3 is 0 Å². The van der Waals surface area contributed by atoms with Crippen LogP contribution in [-0.2, 0) is 0 Å². The number of pyridine rings is 1. The molecule has 2 nitrogen and oxygen atoms in total. The largest absolute Gasteiger partial charge is 0.381 e. The van der Waals surface area contributed by atoms with Gasteiger partial charge in [-0.3, -0.25) is 4.98 Å². The van der Waals surface area contributed by atoms with Gasteiger partial charge in [-0.05, 0) is 46.7 Å². The third-order valence-electron chi connectivity index (χ3n) is 3.10. The predicted octanol–water partition coefficient (Wildman–Crippen LogP) is 3.83. The van der Waals surface area contributed by atoms with E-state index in [0.29, 0.717) is 11.5 Å². The third kappa shape index (κ3) is 2.71. The van der Waals surface area contributed by atoms with Crippen LogP contribution in [-0.4, -0.2) is 11.0 Å². The van der Waals surface area contributed by atoms with Crippen LogP contribution in [0.4, 0.5) is 5.69 Å². The molecule has 1 N–H and O–H groups in total. The molecular formula is C12H17BrN2. The number of aromatic nitrogens is 1. The molecule has 1 aliphatic rings. The van der Waals surface area contributed by atoms with Crippen molar-refractivity contribution >= 4 is 21.6 Å². The Morgan fingerprint density at radius 3 is 2.93 bits per heavy atom. The van der Waals surface area contributed by atoms with Gasteiger partial charge < -0.3 is 5.32 Å². The van der Waals surface area contributed by atoms with Crippen LogP contribution in [0.15, 0.2) is 22.9 Å². The van der Waals surface area contributed by atoms with Crippen molar-refractivity contribution in [3.63, 3.8) is 0 Å². The van der Waals surface area contributed by atoms with E-state index >= 15 is 0 Å². The third-order valence-corrected chi connectivity index (χ3v) is 3.73. The Morgan fingerprint density at radius 2 is 2.33 bits per heavy atom. The highest BCUT2D eigenvalue weighted by Crippen LogP contribution is 2.38. The van der Waals surface area contributed by atoms with Gasteiger partial charge in [-0.15, -0.1) is 0 Å². The standard InChI is InChI=1S/C12H17BrN2/c1-12(2)5-3-9(7-12)15-11-4-6-14-8-10(11)13/h4,6,8-9H,3,5,7H2,1-2H3,(H,14,15). The number of rotatable bonds is 2. The Labute approximate surface area is 99.6 Å². The van der Waals surface area contributed by atoms with Gasteiger partial charge in [-0.2, -0.15) is 0 Å². The number of halogens is 1. The van der Waals surface area contributed by atoms with E-state index < -0.39 is 0 Å². The zero-order chi connectivity index (χ0) is 10.9. The predicted molar refractivity (Wildman–Crippen MR) is 67.0 cm³/mol. The van der Waals surface area contributed by atoms with Gasteiger partial charge in [0.25, 0.3) is 0 Å². The summed E-state index contributed by atoms with van der Waals surface area (Å²) in [7, 11) is 0. The average molecular weight is 269 g/mol. The molecule has 0 spiro atoms. The van der Waals surface area contributed by atoms with Crippen LogP contribution in [0.1, 0.15) is 33.1 Å². The highest BCUT2D eigenvalue weighted by molar-refractivity contribution is 9.10. The summed E-state index contributed by atoms with van der Waals surface area (Å²) in [5, 5.41) is 3.58. The number of hydrogen-bond acceptors (Lipinski definition) is 2. The maximum atomic E-state index is 4.06. The van der Waals surface area contributed by atoms with Crippen molar-refractivity contribution in [2.24, 2.45) is 5.41 Å². The molecule has 1 unspecified atom stereocenters. The van der Waals surface area contributed by atoms with Crippen LogP contribution in [0.5, 0.6) is 0 Å². The molecule has 0 radical (unpaired) electrons. The van der Waals surface area contributed by atoms with Crippen LogP contribution >= 0.6 is 15.9 Å². The molecule has 0 aliphatic heterocycles. The van der Waals surface area contributed by atoms with E-state index in [-0.39, 0.29) is 0 Å². The van der Waals surface area contributed by atoms with E-state index in [2.05, 4.69) is 40.1 Å². The number of nitrogens with one attached hydrogen (secondary N) is 1. The molecule has 0 saturated heterocycles. The molecule has 0 bridgehead atoms. The summed E-state index contributed by atoms with van der Waals surface area (Å²) in [6.07, 6.45) is 7.49. The van der Waals surface area contributed by atoms with Crippen molar-refractivity contribution in [3.8, 4) is 0 Å². The Morgan fingerprint density at radius 1 is 1.53 bits per heavy atom. The van der Waals surface area contributed by atoms with Crippen molar-refractivity contribution in [2.75, 3.05) is 5.32 Å². The van der Waals surface area contributed by atoms with E-state index in [0.717, 1.165) is 10.2 Å². The van der Waals surface area contributed by atoms with Crippen molar-refractivity contribution in [2.45, 2.75) is 39.2 Å².